The Kier molecular flexibility index (Phi) is 5.66. The molecule has 3 heteroatoms. The first-order valence-corrected chi connectivity index (χ1v) is 7.41. The van der Waals surface area contributed by atoms with Crippen LogP contribution >= 0.6 is 11.6 Å². The molecule has 0 saturated carbocycles. The Balaban J connectivity index is 1.81. The molecular weight excluding hydrogens is 282 g/mol. The zero-order chi connectivity index (χ0) is 15.1. The number of nitriles is 1. The average Bonchev–Trinajstić information content (AvgIpc) is 2.49. The number of nitrogens with zero attached hydrogens (tertiary/aromatic N) is 1. The summed E-state index contributed by atoms with van der Waals surface area (Å²) < 4.78 is 5.71. The van der Waals surface area contributed by atoms with E-state index in [1.807, 2.05) is 55.5 Å². The van der Waals surface area contributed by atoms with Crippen LogP contribution in [-0.2, 0) is 0 Å². The second kappa shape index (κ2) is 7.71. The summed E-state index contributed by atoms with van der Waals surface area (Å²) in [7, 11) is 0. The van der Waals surface area contributed by atoms with Crippen molar-refractivity contribution in [3.8, 4) is 11.8 Å². The lowest BCUT2D eigenvalue weighted by Crippen LogP contribution is -2.02. The molecule has 0 aliphatic carbocycles. The van der Waals surface area contributed by atoms with Crippen LogP contribution < -0.4 is 4.74 Å². The van der Waals surface area contributed by atoms with Crippen molar-refractivity contribution in [3.63, 3.8) is 0 Å². The van der Waals surface area contributed by atoms with Crippen molar-refractivity contribution < 1.29 is 4.74 Å². The van der Waals surface area contributed by atoms with Gasteiger partial charge in [-0.05, 0) is 55.2 Å². The zero-order valence-corrected chi connectivity index (χ0v) is 12.8. The summed E-state index contributed by atoms with van der Waals surface area (Å²) in [5.74, 6) is 0.776. The van der Waals surface area contributed by atoms with Crippen molar-refractivity contribution in [2.45, 2.75) is 25.7 Å². The molecule has 0 bridgehead atoms. The molecule has 2 aromatic rings. The molecule has 2 nitrogen and oxygen atoms in total. The number of aryl methyl sites for hydroxylation is 1. The van der Waals surface area contributed by atoms with E-state index < -0.39 is 0 Å². The highest BCUT2D eigenvalue weighted by Crippen LogP contribution is 2.22. The number of halogens is 1. The lowest BCUT2D eigenvalue weighted by molar-refractivity contribution is 0.305. The fraction of sp³-hybridized carbons (Fsp3) is 0.278. The Hall–Kier alpha value is -1.98. The monoisotopic (exact) mass is 299 g/mol. The third kappa shape index (κ3) is 4.81. The van der Waals surface area contributed by atoms with Gasteiger partial charge in [0.25, 0.3) is 0 Å². The van der Waals surface area contributed by atoms with E-state index in [1.54, 1.807) is 0 Å². The maximum Gasteiger partial charge on any atom is 0.119 e. The maximum atomic E-state index is 9.28. The number of rotatable bonds is 6. The van der Waals surface area contributed by atoms with Gasteiger partial charge in [0.05, 0.1) is 18.6 Å². The average molecular weight is 300 g/mol. The first kappa shape index (κ1) is 15.4. The van der Waals surface area contributed by atoms with E-state index in [1.165, 1.54) is 5.56 Å². The van der Waals surface area contributed by atoms with E-state index in [0.29, 0.717) is 11.6 Å². The molecule has 0 fully saturated rings. The molecule has 108 valence electrons. The second-order valence-corrected chi connectivity index (χ2v) is 5.48. The van der Waals surface area contributed by atoms with Gasteiger partial charge in [-0.3, -0.25) is 0 Å². The topological polar surface area (TPSA) is 33.0 Å². The number of hydrogen-bond acceptors (Lipinski definition) is 2. The van der Waals surface area contributed by atoms with E-state index in [9.17, 15) is 5.26 Å². The van der Waals surface area contributed by atoms with Gasteiger partial charge in [-0.15, -0.1) is 0 Å². The van der Waals surface area contributed by atoms with E-state index in [4.69, 9.17) is 16.3 Å². The Morgan fingerprint density at radius 3 is 2.62 bits per heavy atom. The predicted octanol–water partition coefficient (Wildman–Crippen LogP) is 5.11. The number of benzene rings is 2. The summed E-state index contributed by atoms with van der Waals surface area (Å²) in [5.41, 5.74) is 2.20. The van der Waals surface area contributed by atoms with Crippen LogP contribution in [0.25, 0.3) is 0 Å². The summed E-state index contributed by atoms with van der Waals surface area (Å²) in [4.78, 5) is 0. The van der Waals surface area contributed by atoms with Gasteiger partial charge in [0.1, 0.15) is 5.75 Å². The summed E-state index contributed by atoms with van der Waals surface area (Å²) >= 11 is 5.86. The molecule has 0 radical (unpaired) electrons. The molecule has 0 spiro atoms. The highest BCUT2D eigenvalue weighted by atomic mass is 35.5. The van der Waals surface area contributed by atoms with Gasteiger partial charge < -0.3 is 4.74 Å². The van der Waals surface area contributed by atoms with Crippen molar-refractivity contribution in [3.05, 3.63) is 64.7 Å². The fourth-order valence-corrected chi connectivity index (χ4v) is 2.31. The Labute approximate surface area is 130 Å². The van der Waals surface area contributed by atoms with Gasteiger partial charge in [0, 0.05) is 5.02 Å². The molecule has 21 heavy (non-hydrogen) atoms. The van der Waals surface area contributed by atoms with Gasteiger partial charge in [-0.2, -0.15) is 5.26 Å². The highest BCUT2D eigenvalue weighted by molar-refractivity contribution is 6.30. The van der Waals surface area contributed by atoms with Crippen molar-refractivity contribution in [1.82, 2.24) is 0 Å². The first-order valence-electron chi connectivity index (χ1n) is 7.03. The maximum absolute atomic E-state index is 9.28. The number of ether oxygens (including phenoxy) is 1. The van der Waals surface area contributed by atoms with Gasteiger partial charge in [-0.1, -0.05) is 35.9 Å². The summed E-state index contributed by atoms with van der Waals surface area (Å²) in [5, 5.41) is 9.97. The molecule has 0 aromatic heterocycles. The van der Waals surface area contributed by atoms with Crippen LogP contribution in [0.5, 0.6) is 5.75 Å². The molecule has 0 aliphatic rings. The lowest BCUT2D eigenvalue weighted by atomic mass is 9.96. The van der Waals surface area contributed by atoms with E-state index in [2.05, 4.69) is 6.07 Å². The minimum Gasteiger partial charge on any atom is -0.494 e. The smallest absolute Gasteiger partial charge is 0.119 e. The molecule has 2 aromatic carbocycles. The molecule has 1 unspecified atom stereocenters. The molecule has 0 saturated heterocycles. The predicted molar refractivity (Wildman–Crippen MR) is 85.7 cm³/mol. The Morgan fingerprint density at radius 1 is 1.19 bits per heavy atom. The molecule has 0 N–H and O–H groups in total. The van der Waals surface area contributed by atoms with Crippen molar-refractivity contribution >= 4 is 11.6 Å². The summed E-state index contributed by atoms with van der Waals surface area (Å²) in [6.45, 7) is 2.66. The quantitative estimate of drug-likeness (QED) is 0.694. The Morgan fingerprint density at radius 2 is 1.95 bits per heavy atom. The lowest BCUT2D eigenvalue weighted by Gasteiger charge is -2.11. The zero-order valence-electron chi connectivity index (χ0n) is 12.1. The second-order valence-electron chi connectivity index (χ2n) is 5.04. The summed E-state index contributed by atoms with van der Waals surface area (Å²) in [6.07, 6.45) is 1.62. The fourth-order valence-electron chi connectivity index (χ4n) is 2.18. The minimum atomic E-state index is -0.108. The van der Waals surface area contributed by atoms with E-state index >= 15 is 0 Å². The molecule has 0 amide bonds. The van der Waals surface area contributed by atoms with Crippen LogP contribution in [0.15, 0.2) is 48.5 Å². The van der Waals surface area contributed by atoms with Crippen molar-refractivity contribution in [2.75, 3.05) is 6.61 Å². The van der Waals surface area contributed by atoms with Crippen LogP contribution in [-0.4, -0.2) is 6.61 Å². The van der Waals surface area contributed by atoms with Gasteiger partial charge in [0.15, 0.2) is 0 Å². The molecule has 0 heterocycles. The first-order chi connectivity index (χ1) is 10.2. The standard InChI is InChI=1S/C18H18ClNO/c1-14-4-2-6-18(12-14)21-11-3-5-16(13-20)15-7-9-17(19)10-8-15/h2,4,6-10,12,16H,3,5,11H2,1H3. The van der Waals surface area contributed by atoms with Crippen molar-refractivity contribution in [2.24, 2.45) is 0 Å². The Bertz CT molecular complexity index is 616. The third-order valence-electron chi connectivity index (χ3n) is 3.32. The molecule has 1 atom stereocenters. The normalized spacial score (nSPS) is 11.7. The SMILES string of the molecule is Cc1cccc(OCCCC(C#N)c2ccc(Cl)cc2)c1. The van der Waals surface area contributed by atoms with Gasteiger partial charge in [0.2, 0.25) is 0 Å². The summed E-state index contributed by atoms with van der Waals surface area (Å²) in [6, 6.07) is 17.8. The van der Waals surface area contributed by atoms with Crippen LogP contribution in [0.3, 0.4) is 0 Å². The highest BCUT2D eigenvalue weighted by Gasteiger charge is 2.10. The van der Waals surface area contributed by atoms with E-state index in [-0.39, 0.29) is 5.92 Å². The molecule has 0 aliphatic heterocycles. The van der Waals surface area contributed by atoms with Crippen LogP contribution in [0.1, 0.15) is 29.9 Å². The van der Waals surface area contributed by atoms with Gasteiger partial charge in [-0.25, -0.2) is 0 Å². The third-order valence-corrected chi connectivity index (χ3v) is 3.58. The van der Waals surface area contributed by atoms with E-state index in [0.717, 1.165) is 24.2 Å². The molecular formula is C18H18ClNO. The van der Waals surface area contributed by atoms with Crippen LogP contribution in [0, 0.1) is 18.3 Å². The molecule has 2 rings (SSSR count). The minimum absolute atomic E-state index is 0.108. The van der Waals surface area contributed by atoms with Crippen LogP contribution in [0.4, 0.5) is 0 Å². The van der Waals surface area contributed by atoms with Gasteiger partial charge >= 0.3 is 0 Å². The van der Waals surface area contributed by atoms with Crippen LogP contribution in [0.2, 0.25) is 5.02 Å². The van der Waals surface area contributed by atoms with Crippen molar-refractivity contribution in [1.29, 1.82) is 5.26 Å². The number of hydrogen-bond donors (Lipinski definition) is 0. The largest absolute Gasteiger partial charge is 0.494 e.